The molecule has 0 atom stereocenters. The van der Waals surface area contributed by atoms with Gasteiger partial charge in [0.1, 0.15) is 5.75 Å². The van der Waals surface area contributed by atoms with Gasteiger partial charge in [0.25, 0.3) is 16.0 Å². The fourth-order valence-electron chi connectivity index (χ4n) is 2.36. The molecule has 0 aliphatic heterocycles. The van der Waals surface area contributed by atoms with E-state index in [-0.39, 0.29) is 28.9 Å². The molecule has 0 saturated heterocycles. The number of fused-ring (bicyclic) bond motifs is 1. The highest BCUT2D eigenvalue weighted by atomic mass is 32.2. The number of carbonyl (C=O) groups excluding carboxylic acids is 1. The molecule has 0 fully saturated rings. The molecule has 26 heavy (non-hydrogen) atoms. The number of phenols is 1. The molecule has 0 aromatic heterocycles. The van der Waals surface area contributed by atoms with Crippen LogP contribution in [-0.4, -0.2) is 62.9 Å². The van der Waals surface area contributed by atoms with Gasteiger partial charge in [-0.05, 0) is 12.1 Å². The molecule has 2 aromatic carbocycles. The van der Waals surface area contributed by atoms with Gasteiger partial charge in [0.15, 0.2) is 0 Å². The summed E-state index contributed by atoms with van der Waals surface area (Å²) in [5.74, 6) is -1.63. The van der Waals surface area contributed by atoms with E-state index in [0.717, 1.165) is 11.2 Å². The summed E-state index contributed by atoms with van der Waals surface area (Å²) >= 11 is 0. The summed E-state index contributed by atoms with van der Waals surface area (Å²) in [6.45, 7) is -0.259. The molecule has 0 bridgehead atoms. The highest BCUT2D eigenvalue weighted by molar-refractivity contribution is 7.92. The predicted octanol–water partition coefficient (Wildman–Crippen LogP) is 0.877. The topological polar surface area (TPSA) is 141 Å². The first-order chi connectivity index (χ1) is 11.9. The molecule has 0 unspecified atom stereocenters. The number of nitrogens with zero attached hydrogens (tertiary/aromatic N) is 1. The van der Waals surface area contributed by atoms with Crippen molar-refractivity contribution in [1.82, 2.24) is 4.90 Å². The molecule has 2 aromatic rings. The first-order valence-corrected chi connectivity index (χ1v) is 10.8. The Morgan fingerprint density at radius 1 is 1.12 bits per heavy atom. The maximum absolute atomic E-state index is 12.4. The van der Waals surface area contributed by atoms with Gasteiger partial charge >= 0.3 is 0 Å². The lowest BCUT2D eigenvalue weighted by Crippen LogP contribution is -2.31. The van der Waals surface area contributed by atoms with Gasteiger partial charge in [-0.25, -0.2) is 8.42 Å². The highest BCUT2D eigenvalue weighted by Gasteiger charge is 2.20. The molecular formula is C15H18N2O7S2. The molecule has 0 saturated carbocycles. The Kier molecular flexibility index (Phi) is 5.44. The number of benzene rings is 2. The lowest BCUT2D eigenvalue weighted by molar-refractivity contribution is 0.0800. The Morgan fingerprint density at radius 3 is 2.35 bits per heavy atom. The van der Waals surface area contributed by atoms with E-state index in [1.165, 1.54) is 37.4 Å². The van der Waals surface area contributed by atoms with Crippen molar-refractivity contribution in [2.75, 3.05) is 30.3 Å². The van der Waals surface area contributed by atoms with Crippen LogP contribution in [-0.2, 0) is 20.1 Å². The Bertz CT molecular complexity index is 1060. The van der Waals surface area contributed by atoms with Crippen LogP contribution in [0.3, 0.4) is 0 Å². The van der Waals surface area contributed by atoms with E-state index in [9.17, 15) is 26.7 Å². The molecule has 1 amide bonds. The van der Waals surface area contributed by atoms with Crippen LogP contribution < -0.4 is 4.72 Å². The molecule has 9 nitrogen and oxygen atoms in total. The first kappa shape index (κ1) is 19.9. The van der Waals surface area contributed by atoms with Crippen molar-refractivity contribution >= 4 is 42.5 Å². The molecule has 0 radical (unpaired) electrons. The summed E-state index contributed by atoms with van der Waals surface area (Å²) in [6.07, 6.45) is 0.994. The molecule has 0 aliphatic carbocycles. The second-order valence-corrected chi connectivity index (χ2v) is 9.07. The number of hydrogen-bond acceptors (Lipinski definition) is 6. The third kappa shape index (κ3) is 4.84. The van der Waals surface area contributed by atoms with Gasteiger partial charge in [-0.3, -0.25) is 14.1 Å². The number of carbonyl (C=O) groups is 1. The van der Waals surface area contributed by atoms with Crippen LogP contribution in [0.25, 0.3) is 10.8 Å². The van der Waals surface area contributed by atoms with Crippen molar-refractivity contribution in [3.8, 4) is 5.75 Å². The number of phenolic OH excluding ortho intramolecular Hbond substituents is 1. The Hall–Kier alpha value is -2.37. The van der Waals surface area contributed by atoms with Crippen molar-refractivity contribution < 1.29 is 31.3 Å². The maximum Gasteiger partial charge on any atom is 0.266 e. The van der Waals surface area contributed by atoms with E-state index < -0.39 is 31.8 Å². The van der Waals surface area contributed by atoms with E-state index in [1.54, 1.807) is 0 Å². The molecule has 0 aliphatic rings. The lowest BCUT2D eigenvalue weighted by Gasteiger charge is -2.18. The second-order valence-electron chi connectivity index (χ2n) is 5.75. The smallest absolute Gasteiger partial charge is 0.266 e. The van der Waals surface area contributed by atoms with Gasteiger partial charge in [-0.1, -0.05) is 18.2 Å². The monoisotopic (exact) mass is 402 g/mol. The summed E-state index contributed by atoms with van der Waals surface area (Å²) in [5.41, 5.74) is 0.172. The largest absolute Gasteiger partial charge is 0.506 e. The van der Waals surface area contributed by atoms with Crippen LogP contribution in [0.2, 0.25) is 0 Å². The zero-order valence-corrected chi connectivity index (χ0v) is 15.6. The first-order valence-electron chi connectivity index (χ1n) is 7.32. The summed E-state index contributed by atoms with van der Waals surface area (Å²) in [4.78, 5) is 13.5. The van der Waals surface area contributed by atoms with E-state index in [4.69, 9.17) is 4.55 Å². The van der Waals surface area contributed by atoms with Crippen LogP contribution in [0.1, 0.15) is 10.4 Å². The zero-order valence-electron chi connectivity index (χ0n) is 14.0. The lowest BCUT2D eigenvalue weighted by atomic mass is 10.0. The number of anilines is 1. The molecule has 11 heteroatoms. The van der Waals surface area contributed by atoms with Gasteiger partial charge in [-0.2, -0.15) is 8.42 Å². The summed E-state index contributed by atoms with van der Waals surface area (Å²) < 4.78 is 55.6. The fourth-order valence-corrected chi connectivity index (χ4v) is 3.44. The van der Waals surface area contributed by atoms with E-state index in [2.05, 4.69) is 4.72 Å². The van der Waals surface area contributed by atoms with Crippen LogP contribution in [0, 0.1) is 0 Å². The fraction of sp³-hybridized carbons (Fsp3) is 0.267. The SMILES string of the molecule is CN(CCS(=O)(=O)O)C(=O)c1ccc2c(NS(C)(=O)=O)cccc2c1O. The van der Waals surface area contributed by atoms with Gasteiger partial charge in [0.05, 0.1) is 23.3 Å². The third-order valence-electron chi connectivity index (χ3n) is 3.59. The van der Waals surface area contributed by atoms with Crippen molar-refractivity contribution in [3.05, 3.63) is 35.9 Å². The van der Waals surface area contributed by atoms with Crippen molar-refractivity contribution in [2.24, 2.45) is 0 Å². The van der Waals surface area contributed by atoms with Crippen molar-refractivity contribution in [2.45, 2.75) is 0 Å². The van der Waals surface area contributed by atoms with Gasteiger partial charge in [-0.15, -0.1) is 0 Å². The van der Waals surface area contributed by atoms with Crippen LogP contribution in [0.15, 0.2) is 30.3 Å². The molecular weight excluding hydrogens is 384 g/mol. The Balaban J connectivity index is 2.42. The van der Waals surface area contributed by atoms with Crippen LogP contribution >= 0.6 is 0 Å². The van der Waals surface area contributed by atoms with E-state index in [0.29, 0.717) is 5.39 Å². The second kappa shape index (κ2) is 7.09. The average molecular weight is 402 g/mol. The molecule has 2 rings (SSSR count). The summed E-state index contributed by atoms with van der Waals surface area (Å²) in [5, 5.41) is 11.1. The highest BCUT2D eigenvalue weighted by Crippen LogP contribution is 2.33. The summed E-state index contributed by atoms with van der Waals surface area (Å²) in [7, 11) is -6.42. The van der Waals surface area contributed by atoms with Gasteiger partial charge in [0.2, 0.25) is 10.0 Å². The third-order valence-corrected chi connectivity index (χ3v) is 4.88. The molecule has 0 heterocycles. The van der Waals surface area contributed by atoms with Gasteiger partial charge in [0, 0.05) is 24.4 Å². The zero-order chi connectivity index (χ0) is 19.7. The molecule has 0 spiro atoms. The predicted molar refractivity (Wildman–Crippen MR) is 97.5 cm³/mol. The standard InChI is InChI=1S/C15H18N2O7S2/c1-17(8-9-26(22,23)24)15(19)12-7-6-10-11(14(12)18)4-3-5-13(10)16-25(2,20)21/h3-7,16,18H,8-9H2,1-2H3,(H,22,23,24). The molecule has 142 valence electrons. The van der Waals surface area contributed by atoms with E-state index in [1.807, 2.05) is 0 Å². The molecule has 3 N–H and O–H groups in total. The number of sulfonamides is 1. The quantitative estimate of drug-likeness (QED) is 0.609. The average Bonchev–Trinajstić information content (AvgIpc) is 2.51. The maximum atomic E-state index is 12.4. The summed E-state index contributed by atoms with van der Waals surface area (Å²) in [6, 6.07) is 7.35. The number of rotatable bonds is 6. The number of amides is 1. The number of hydrogen-bond donors (Lipinski definition) is 3. The minimum Gasteiger partial charge on any atom is -0.506 e. The van der Waals surface area contributed by atoms with E-state index >= 15 is 0 Å². The number of nitrogens with one attached hydrogen (secondary N) is 1. The van der Waals surface area contributed by atoms with Crippen LogP contribution in [0.5, 0.6) is 5.75 Å². The van der Waals surface area contributed by atoms with Gasteiger partial charge < -0.3 is 10.0 Å². The van der Waals surface area contributed by atoms with Crippen molar-refractivity contribution in [3.63, 3.8) is 0 Å². The number of aromatic hydroxyl groups is 1. The minimum absolute atomic E-state index is 0.0770. The van der Waals surface area contributed by atoms with Crippen molar-refractivity contribution in [1.29, 1.82) is 0 Å². The van der Waals surface area contributed by atoms with Crippen LogP contribution in [0.4, 0.5) is 5.69 Å². The minimum atomic E-state index is -4.22. The normalized spacial score (nSPS) is 12.1. The Morgan fingerprint density at radius 2 is 1.77 bits per heavy atom. The Labute approximate surface area is 151 Å².